The van der Waals surface area contributed by atoms with Crippen LogP contribution in [0.25, 0.3) is 0 Å². The molecule has 1 aliphatic rings. The van der Waals surface area contributed by atoms with Gasteiger partial charge in [0.05, 0.1) is 0 Å². The minimum absolute atomic E-state index is 0.257. The molecule has 0 spiro atoms. The number of carbonyl (C=O) groups is 1. The van der Waals surface area contributed by atoms with E-state index in [4.69, 9.17) is 0 Å². The highest BCUT2D eigenvalue weighted by molar-refractivity contribution is 5.79. The minimum Gasteiger partial charge on any atom is -0.342 e. The van der Waals surface area contributed by atoms with Gasteiger partial charge in [-0.25, -0.2) is 0 Å². The van der Waals surface area contributed by atoms with Crippen LogP contribution in [-0.4, -0.2) is 23.9 Å². The molecule has 14 heavy (non-hydrogen) atoms. The number of nitrogens with zero attached hydrogens (tertiary/aromatic N) is 1. The highest BCUT2D eigenvalue weighted by Gasteiger charge is 2.24. The molecule has 1 rings (SSSR count). The van der Waals surface area contributed by atoms with E-state index >= 15 is 0 Å². The van der Waals surface area contributed by atoms with Crippen molar-refractivity contribution in [3.8, 4) is 0 Å². The van der Waals surface area contributed by atoms with Gasteiger partial charge >= 0.3 is 0 Å². The Morgan fingerprint density at radius 2 is 2.00 bits per heavy atom. The lowest BCUT2D eigenvalue weighted by atomic mass is 10.00. The molecule has 1 unspecified atom stereocenters. The van der Waals surface area contributed by atoms with E-state index in [1.807, 2.05) is 4.90 Å². The SMILES string of the molecule is CCCCCCC(C)C(=O)N1CCC1. The topological polar surface area (TPSA) is 20.3 Å². The number of unbranched alkanes of at least 4 members (excludes halogenated alkanes) is 3. The van der Waals surface area contributed by atoms with Gasteiger partial charge in [0, 0.05) is 19.0 Å². The van der Waals surface area contributed by atoms with Crippen LogP contribution in [-0.2, 0) is 4.79 Å². The molecular weight excluding hydrogens is 174 g/mol. The van der Waals surface area contributed by atoms with Crippen LogP contribution < -0.4 is 0 Å². The zero-order valence-corrected chi connectivity index (χ0v) is 9.59. The second-order valence-corrected chi connectivity index (χ2v) is 4.43. The van der Waals surface area contributed by atoms with Crippen LogP contribution in [0.4, 0.5) is 0 Å². The summed E-state index contributed by atoms with van der Waals surface area (Å²) in [5.41, 5.74) is 0. The van der Waals surface area contributed by atoms with E-state index in [1.165, 1.54) is 32.1 Å². The Hall–Kier alpha value is -0.530. The highest BCUT2D eigenvalue weighted by Crippen LogP contribution is 2.16. The Morgan fingerprint density at radius 1 is 1.29 bits per heavy atom. The van der Waals surface area contributed by atoms with Crippen LogP contribution >= 0.6 is 0 Å². The van der Waals surface area contributed by atoms with Crippen molar-refractivity contribution in [2.24, 2.45) is 5.92 Å². The first-order valence-electron chi connectivity index (χ1n) is 6.04. The van der Waals surface area contributed by atoms with Gasteiger partial charge in [-0.15, -0.1) is 0 Å². The summed E-state index contributed by atoms with van der Waals surface area (Å²) in [6.45, 7) is 6.29. The second-order valence-electron chi connectivity index (χ2n) is 4.43. The van der Waals surface area contributed by atoms with Gasteiger partial charge in [0.25, 0.3) is 0 Å². The third-order valence-electron chi connectivity index (χ3n) is 3.08. The van der Waals surface area contributed by atoms with Crippen LogP contribution in [0.2, 0.25) is 0 Å². The Kier molecular flexibility index (Phi) is 4.99. The van der Waals surface area contributed by atoms with E-state index in [2.05, 4.69) is 13.8 Å². The number of likely N-dealkylation sites (tertiary alicyclic amines) is 1. The summed E-state index contributed by atoms with van der Waals surface area (Å²) >= 11 is 0. The van der Waals surface area contributed by atoms with Crippen LogP contribution in [0, 0.1) is 5.92 Å². The fraction of sp³-hybridized carbons (Fsp3) is 0.917. The molecule has 0 N–H and O–H groups in total. The Labute approximate surface area is 87.7 Å². The van der Waals surface area contributed by atoms with Crippen LogP contribution in [0.3, 0.4) is 0 Å². The molecule has 0 radical (unpaired) electrons. The van der Waals surface area contributed by atoms with Crippen molar-refractivity contribution >= 4 is 5.91 Å². The van der Waals surface area contributed by atoms with E-state index < -0.39 is 0 Å². The van der Waals surface area contributed by atoms with E-state index in [-0.39, 0.29) is 5.92 Å². The number of amides is 1. The molecule has 82 valence electrons. The zero-order chi connectivity index (χ0) is 10.4. The average Bonchev–Trinajstić information content (AvgIpc) is 2.09. The lowest BCUT2D eigenvalue weighted by molar-refractivity contribution is -0.138. The monoisotopic (exact) mass is 197 g/mol. The molecule has 1 heterocycles. The maximum Gasteiger partial charge on any atom is 0.225 e. The predicted molar refractivity (Wildman–Crippen MR) is 59.1 cm³/mol. The van der Waals surface area contributed by atoms with Crippen molar-refractivity contribution in [1.29, 1.82) is 0 Å². The number of rotatable bonds is 6. The van der Waals surface area contributed by atoms with E-state index in [1.54, 1.807) is 0 Å². The summed E-state index contributed by atoms with van der Waals surface area (Å²) in [5, 5.41) is 0. The van der Waals surface area contributed by atoms with Gasteiger partial charge in [-0.3, -0.25) is 4.79 Å². The van der Waals surface area contributed by atoms with Gasteiger partial charge in [0.1, 0.15) is 0 Å². The number of hydrogen-bond donors (Lipinski definition) is 0. The van der Waals surface area contributed by atoms with Gasteiger partial charge in [-0.2, -0.15) is 0 Å². The second kappa shape index (κ2) is 6.05. The fourth-order valence-corrected chi connectivity index (χ4v) is 1.85. The summed E-state index contributed by atoms with van der Waals surface area (Å²) in [6, 6.07) is 0. The van der Waals surface area contributed by atoms with E-state index in [0.717, 1.165) is 19.5 Å². The van der Waals surface area contributed by atoms with Gasteiger partial charge in [0.2, 0.25) is 5.91 Å². The first kappa shape index (κ1) is 11.5. The lowest BCUT2D eigenvalue weighted by Gasteiger charge is -2.33. The fourth-order valence-electron chi connectivity index (χ4n) is 1.85. The van der Waals surface area contributed by atoms with Crippen LogP contribution in [0.5, 0.6) is 0 Å². The molecule has 1 atom stereocenters. The molecule has 1 fully saturated rings. The predicted octanol–water partition coefficient (Wildman–Crippen LogP) is 2.83. The first-order chi connectivity index (χ1) is 6.75. The van der Waals surface area contributed by atoms with Crippen LogP contribution in [0.15, 0.2) is 0 Å². The molecule has 0 aromatic heterocycles. The Morgan fingerprint density at radius 3 is 2.50 bits per heavy atom. The van der Waals surface area contributed by atoms with Gasteiger partial charge in [-0.1, -0.05) is 39.5 Å². The van der Waals surface area contributed by atoms with Crippen molar-refractivity contribution < 1.29 is 4.79 Å². The summed E-state index contributed by atoms with van der Waals surface area (Å²) in [5.74, 6) is 0.639. The molecule has 2 nitrogen and oxygen atoms in total. The van der Waals surface area contributed by atoms with Gasteiger partial charge in [0.15, 0.2) is 0 Å². The lowest BCUT2D eigenvalue weighted by Crippen LogP contribution is -2.44. The Bertz CT molecular complexity index is 175. The van der Waals surface area contributed by atoms with Crippen LogP contribution in [0.1, 0.15) is 52.4 Å². The summed E-state index contributed by atoms with van der Waals surface area (Å²) in [7, 11) is 0. The standard InChI is InChI=1S/C12H23NO/c1-3-4-5-6-8-11(2)12(14)13-9-7-10-13/h11H,3-10H2,1-2H3. The van der Waals surface area contributed by atoms with E-state index in [0.29, 0.717) is 5.91 Å². The summed E-state index contributed by atoms with van der Waals surface area (Å²) < 4.78 is 0. The van der Waals surface area contributed by atoms with Crippen molar-refractivity contribution in [1.82, 2.24) is 4.90 Å². The molecule has 2 heteroatoms. The average molecular weight is 197 g/mol. The number of carbonyl (C=O) groups excluding carboxylic acids is 1. The van der Waals surface area contributed by atoms with E-state index in [9.17, 15) is 4.79 Å². The van der Waals surface area contributed by atoms with Gasteiger partial charge in [-0.05, 0) is 12.8 Å². The zero-order valence-electron chi connectivity index (χ0n) is 9.59. The molecule has 0 bridgehead atoms. The maximum atomic E-state index is 11.7. The third kappa shape index (κ3) is 3.32. The normalized spacial score (nSPS) is 17.7. The van der Waals surface area contributed by atoms with Crippen molar-refractivity contribution in [2.75, 3.05) is 13.1 Å². The summed E-state index contributed by atoms with van der Waals surface area (Å²) in [4.78, 5) is 13.7. The highest BCUT2D eigenvalue weighted by atomic mass is 16.2. The first-order valence-corrected chi connectivity index (χ1v) is 6.04. The minimum atomic E-state index is 0.257. The molecule has 1 aliphatic heterocycles. The molecular formula is C12H23NO. The smallest absolute Gasteiger partial charge is 0.225 e. The van der Waals surface area contributed by atoms with Crippen molar-refractivity contribution in [2.45, 2.75) is 52.4 Å². The van der Waals surface area contributed by atoms with Gasteiger partial charge < -0.3 is 4.90 Å². The van der Waals surface area contributed by atoms with Crippen molar-refractivity contribution in [3.05, 3.63) is 0 Å². The molecule has 1 amide bonds. The maximum absolute atomic E-state index is 11.7. The third-order valence-corrected chi connectivity index (χ3v) is 3.08. The molecule has 0 aromatic carbocycles. The summed E-state index contributed by atoms with van der Waals surface area (Å²) in [6.07, 6.45) is 7.37. The largest absolute Gasteiger partial charge is 0.342 e. The quantitative estimate of drug-likeness (QED) is 0.600. The Balaban J connectivity index is 2.07. The molecule has 0 saturated carbocycles. The van der Waals surface area contributed by atoms with Crippen molar-refractivity contribution in [3.63, 3.8) is 0 Å². The number of hydrogen-bond acceptors (Lipinski definition) is 1. The molecule has 1 saturated heterocycles. The molecule has 0 aliphatic carbocycles. The molecule has 0 aromatic rings.